The molecule has 2 saturated heterocycles. The minimum absolute atomic E-state index is 0.0519. The van der Waals surface area contributed by atoms with Crippen LogP contribution in [-0.2, 0) is 21.4 Å². The molecule has 8 rings (SSSR count). The molecule has 298 valence electrons. The maximum Gasteiger partial charge on any atom is 0.294 e. The molecule has 3 atom stereocenters. The van der Waals surface area contributed by atoms with E-state index in [1.807, 2.05) is 45.2 Å². The second kappa shape index (κ2) is 15.0. The van der Waals surface area contributed by atoms with Crippen LogP contribution in [0.15, 0.2) is 47.5 Å². The monoisotopic (exact) mass is 796 g/mol. The standard InChI is InChI=1S/C40H45ClN10O6/c1-21(2)51-36-23(13-31(38(51)55)56-18-33(53)42-4)12-24(16-43-36)45-35-28(41)17-44-39(47-35)50-19-40(20-50)11-10-30(22(3)15-40)57-25-6-7-26-29(14-25)49(5)48-34(26)27-8-9-32(52)46-37(27)54/h6-7,12-14,16-17,21-22,27,30H,8-11,15,18-20H2,1-5H3,(H,42,53)(H,44,45,47)(H,46,52,54)/t22-,27+,30-/m0/s1. The summed E-state index contributed by atoms with van der Waals surface area (Å²) in [6.07, 6.45) is 6.93. The average molecular weight is 797 g/mol. The largest absolute Gasteiger partial charge is 0.490 e. The highest BCUT2D eigenvalue weighted by Crippen LogP contribution is 2.48. The van der Waals surface area contributed by atoms with Crippen molar-refractivity contribution in [3.05, 3.63) is 63.8 Å². The molecule has 16 nitrogen and oxygen atoms in total. The molecule has 0 bridgehead atoms. The number of nitrogens with zero attached hydrogens (tertiary/aromatic N) is 7. The third kappa shape index (κ3) is 7.33. The van der Waals surface area contributed by atoms with Crippen molar-refractivity contribution < 1.29 is 23.9 Å². The maximum absolute atomic E-state index is 13.2. The van der Waals surface area contributed by atoms with E-state index in [1.165, 1.54) is 11.6 Å². The van der Waals surface area contributed by atoms with Crippen LogP contribution in [0.2, 0.25) is 5.02 Å². The quantitative estimate of drug-likeness (QED) is 0.165. The molecule has 4 aromatic heterocycles. The predicted molar refractivity (Wildman–Crippen MR) is 214 cm³/mol. The lowest BCUT2D eigenvalue weighted by Gasteiger charge is -2.55. The highest BCUT2D eigenvalue weighted by Gasteiger charge is 2.49. The molecule has 1 spiro atoms. The minimum Gasteiger partial charge on any atom is -0.490 e. The van der Waals surface area contributed by atoms with Gasteiger partial charge in [0.25, 0.3) is 11.5 Å². The molecule has 3 aliphatic rings. The zero-order valence-corrected chi connectivity index (χ0v) is 33.2. The first-order valence-corrected chi connectivity index (χ1v) is 19.6. The van der Waals surface area contributed by atoms with Crippen molar-refractivity contribution in [3.63, 3.8) is 0 Å². The van der Waals surface area contributed by atoms with Gasteiger partial charge in [0.15, 0.2) is 18.2 Å². The Kier molecular flexibility index (Phi) is 10.0. The van der Waals surface area contributed by atoms with Gasteiger partial charge in [-0.1, -0.05) is 18.5 Å². The fraction of sp³-hybridized carbons (Fsp3) is 0.450. The first-order chi connectivity index (χ1) is 27.3. The Morgan fingerprint density at radius 1 is 1.11 bits per heavy atom. The van der Waals surface area contributed by atoms with Gasteiger partial charge >= 0.3 is 0 Å². The van der Waals surface area contributed by atoms with Crippen LogP contribution in [-0.4, -0.2) is 79.9 Å². The lowest BCUT2D eigenvalue weighted by molar-refractivity contribution is -0.134. The molecule has 3 fully saturated rings. The number of aromatic nitrogens is 6. The normalized spacial score (nSPS) is 20.5. The number of aryl methyl sites for hydroxylation is 1. The molecule has 3 N–H and O–H groups in total. The first-order valence-electron chi connectivity index (χ1n) is 19.2. The van der Waals surface area contributed by atoms with E-state index in [0.717, 1.165) is 49.0 Å². The number of pyridine rings is 2. The van der Waals surface area contributed by atoms with Crippen LogP contribution < -0.4 is 35.9 Å². The molecule has 0 radical (unpaired) electrons. The first kappa shape index (κ1) is 38.1. The van der Waals surface area contributed by atoms with Gasteiger partial charge in [0.1, 0.15) is 22.5 Å². The van der Waals surface area contributed by atoms with Gasteiger partial charge in [0, 0.05) is 61.9 Å². The molecule has 5 aromatic rings. The summed E-state index contributed by atoms with van der Waals surface area (Å²) in [6, 6.07) is 9.12. The Hall–Kier alpha value is -5.77. The van der Waals surface area contributed by atoms with E-state index in [2.05, 4.69) is 42.8 Å². The Labute approximate surface area is 333 Å². The van der Waals surface area contributed by atoms with Crippen LogP contribution >= 0.6 is 11.6 Å². The van der Waals surface area contributed by atoms with Crippen molar-refractivity contribution in [1.29, 1.82) is 0 Å². The predicted octanol–water partition coefficient (Wildman–Crippen LogP) is 4.77. The number of hydrogen-bond acceptors (Lipinski definition) is 12. The molecule has 3 amide bonds. The zero-order chi connectivity index (χ0) is 40.2. The highest BCUT2D eigenvalue weighted by molar-refractivity contribution is 6.33. The van der Waals surface area contributed by atoms with Gasteiger partial charge < -0.3 is 25.0 Å². The summed E-state index contributed by atoms with van der Waals surface area (Å²) in [5.41, 5.74) is 2.41. The smallest absolute Gasteiger partial charge is 0.294 e. The van der Waals surface area contributed by atoms with Gasteiger partial charge in [-0.3, -0.25) is 33.7 Å². The number of anilines is 3. The SMILES string of the molecule is CNC(=O)COc1cc2cc(Nc3nc(N4CC5(CC[C@H](Oc6ccc7c([C@H]8CCC(=O)NC8=O)nn(C)c7c6)[C@@H](C)C5)C4)ncc3Cl)cnc2n(C(C)C)c1=O. The summed E-state index contributed by atoms with van der Waals surface area (Å²) in [5, 5.41) is 14.7. The highest BCUT2D eigenvalue weighted by atomic mass is 35.5. The number of nitrogens with one attached hydrogen (secondary N) is 3. The van der Waals surface area contributed by atoms with Gasteiger partial charge in [-0.2, -0.15) is 10.1 Å². The number of carbonyl (C=O) groups is 3. The van der Waals surface area contributed by atoms with E-state index >= 15 is 0 Å². The van der Waals surface area contributed by atoms with Crippen LogP contribution in [0, 0.1) is 11.3 Å². The number of fused-ring (bicyclic) bond motifs is 2. The van der Waals surface area contributed by atoms with Crippen molar-refractivity contribution in [2.45, 2.75) is 70.9 Å². The number of rotatable bonds is 10. The van der Waals surface area contributed by atoms with Crippen molar-refractivity contribution in [1.82, 2.24) is 39.9 Å². The Bertz CT molecular complexity index is 2480. The van der Waals surface area contributed by atoms with Gasteiger partial charge in [-0.25, -0.2) is 9.97 Å². The molecule has 0 unspecified atom stereocenters. The Morgan fingerprint density at radius 2 is 1.91 bits per heavy atom. The van der Waals surface area contributed by atoms with E-state index in [0.29, 0.717) is 58.0 Å². The Morgan fingerprint density at radius 3 is 2.65 bits per heavy atom. The van der Waals surface area contributed by atoms with Crippen LogP contribution in [0.25, 0.3) is 21.9 Å². The van der Waals surface area contributed by atoms with Crippen LogP contribution in [0.1, 0.15) is 70.5 Å². The number of piperidine rings is 1. The summed E-state index contributed by atoms with van der Waals surface area (Å²) in [5.74, 6) is 0.791. The van der Waals surface area contributed by atoms with Gasteiger partial charge in [-0.15, -0.1) is 0 Å². The zero-order valence-electron chi connectivity index (χ0n) is 32.5. The van der Waals surface area contributed by atoms with E-state index < -0.39 is 5.92 Å². The molecule has 17 heteroatoms. The second-order valence-corrected chi connectivity index (χ2v) is 16.2. The summed E-state index contributed by atoms with van der Waals surface area (Å²) >= 11 is 6.58. The molecular weight excluding hydrogens is 752 g/mol. The second-order valence-electron chi connectivity index (χ2n) is 15.8. The van der Waals surface area contributed by atoms with Gasteiger partial charge in [-0.05, 0) is 69.7 Å². The van der Waals surface area contributed by atoms with Crippen LogP contribution in [0.3, 0.4) is 0 Å². The maximum atomic E-state index is 13.2. The summed E-state index contributed by atoms with van der Waals surface area (Å²) in [6.45, 7) is 7.36. The number of carbonyl (C=O) groups excluding carboxylic acids is 3. The fourth-order valence-corrected chi connectivity index (χ4v) is 8.68. The molecular formula is C40H45ClN10O6. The van der Waals surface area contributed by atoms with E-state index in [9.17, 15) is 19.2 Å². The lowest BCUT2D eigenvalue weighted by Crippen LogP contribution is -2.60. The van der Waals surface area contributed by atoms with E-state index in [1.54, 1.807) is 23.1 Å². The van der Waals surface area contributed by atoms with Crippen molar-refractivity contribution in [3.8, 4) is 11.5 Å². The van der Waals surface area contributed by atoms with Gasteiger partial charge in [0.2, 0.25) is 17.8 Å². The van der Waals surface area contributed by atoms with Crippen LogP contribution in [0.5, 0.6) is 11.5 Å². The molecule has 6 heterocycles. The summed E-state index contributed by atoms with van der Waals surface area (Å²) in [7, 11) is 3.36. The number of halogens is 1. The molecule has 1 aliphatic carbocycles. The average Bonchev–Trinajstić information content (AvgIpc) is 3.49. The summed E-state index contributed by atoms with van der Waals surface area (Å²) < 4.78 is 15.5. The lowest BCUT2D eigenvalue weighted by atomic mass is 9.64. The number of imide groups is 1. The number of amides is 3. The summed E-state index contributed by atoms with van der Waals surface area (Å²) in [4.78, 5) is 65.4. The number of likely N-dealkylation sites (N-methyl/N-ethyl adjacent to an activating group) is 1. The number of benzene rings is 1. The topological polar surface area (TPSA) is 187 Å². The van der Waals surface area contributed by atoms with Crippen molar-refractivity contribution >= 4 is 68.7 Å². The minimum atomic E-state index is -0.455. The third-order valence-electron chi connectivity index (χ3n) is 11.4. The molecule has 1 saturated carbocycles. The molecule has 57 heavy (non-hydrogen) atoms. The van der Waals surface area contributed by atoms with Crippen molar-refractivity contribution in [2.24, 2.45) is 18.4 Å². The fourth-order valence-electron chi connectivity index (χ4n) is 8.54. The van der Waals surface area contributed by atoms with Gasteiger partial charge in [0.05, 0.1) is 35.2 Å². The Balaban J connectivity index is 0.918. The number of ether oxygens (including phenoxy) is 2. The third-order valence-corrected chi connectivity index (χ3v) is 11.7. The van der Waals surface area contributed by atoms with E-state index in [-0.39, 0.29) is 53.2 Å². The molecule has 2 aliphatic heterocycles. The molecule has 1 aromatic carbocycles. The van der Waals surface area contributed by atoms with Crippen LogP contribution in [0.4, 0.5) is 17.5 Å². The van der Waals surface area contributed by atoms with Crippen molar-refractivity contribution in [2.75, 3.05) is 37.0 Å². The van der Waals surface area contributed by atoms with E-state index in [4.69, 9.17) is 26.1 Å². The number of hydrogen-bond donors (Lipinski definition) is 3.